The lowest BCUT2D eigenvalue weighted by Crippen LogP contribution is -2.30. The summed E-state index contributed by atoms with van der Waals surface area (Å²) in [6.45, 7) is 6.53. The van der Waals surface area contributed by atoms with Crippen LogP contribution in [0.1, 0.15) is 310 Å². The van der Waals surface area contributed by atoms with Crippen molar-refractivity contribution in [2.45, 2.75) is 316 Å². The van der Waals surface area contributed by atoms with Gasteiger partial charge in [-0.3, -0.25) is 14.4 Å². The molecule has 0 aliphatic carbocycles. The summed E-state index contributed by atoms with van der Waals surface area (Å²) < 4.78 is 16.8. The molecule has 0 bridgehead atoms. The summed E-state index contributed by atoms with van der Waals surface area (Å²) >= 11 is 0. The number of carbonyl (C=O) groups is 3. The van der Waals surface area contributed by atoms with Gasteiger partial charge in [-0.2, -0.15) is 0 Å². The minimum atomic E-state index is -0.774. The third-order valence-electron chi connectivity index (χ3n) is 13.3. The van der Waals surface area contributed by atoms with Gasteiger partial charge in [0.2, 0.25) is 0 Å². The Labute approximate surface area is 434 Å². The molecule has 0 aromatic heterocycles. The Kier molecular flexibility index (Phi) is 56.3. The normalized spacial score (nSPS) is 12.4. The molecule has 0 rings (SSSR count). The van der Waals surface area contributed by atoms with Gasteiger partial charge in [0, 0.05) is 19.3 Å². The van der Waals surface area contributed by atoms with Crippen LogP contribution in [-0.4, -0.2) is 37.2 Å². The third kappa shape index (κ3) is 56.0. The van der Waals surface area contributed by atoms with Gasteiger partial charge in [0.1, 0.15) is 13.2 Å². The van der Waals surface area contributed by atoms with Crippen molar-refractivity contribution >= 4 is 17.9 Å². The average Bonchev–Trinajstić information content (AvgIpc) is 3.36. The molecule has 0 aromatic rings. The Morgan fingerprint density at radius 2 is 0.557 bits per heavy atom. The summed E-state index contributed by atoms with van der Waals surface area (Å²) in [6.07, 6.45) is 73.8. The van der Waals surface area contributed by atoms with Crippen LogP contribution in [0.25, 0.3) is 0 Å². The van der Waals surface area contributed by atoms with Gasteiger partial charge in [-0.25, -0.2) is 0 Å². The topological polar surface area (TPSA) is 78.9 Å². The van der Waals surface area contributed by atoms with E-state index < -0.39 is 6.10 Å². The van der Waals surface area contributed by atoms with Gasteiger partial charge in [0.25, 0.3) is 0 Å². The first-order valence-corrected chi connectivity index (χ1v) is 30.3. The fourth-order valence-corrected chi connectivity index (χ4v) is 8.72. The second-order valence-corrected chi connectivity index (χ2v) is 20.2. The lowest BCUT2D eigenvalue weighted by molar-refractivity contribution is -0.167. The highest BCUT2D eigenvalue weighted by molar-refractivity contribution is 5.71. The molecule has 0 spiro atoms. The van der Waals surface area contributed by atoms with Crippen molar-refractivity contribution in [3.8, 4) is 0 Å². The van der Waals surface area contributed by atoms with Crippen LogP contribution in [0.3, 0.4) is 0 Å². The van der Waals surface area contributed by atoms with Crippen LogP contribution in [0, 0.1) is 0 Å². The largest absolute Gasteiger partial charge is 0.462 e. The number of carbonyl (C=O) groups excluding carboxylic acids is 3. The van der Waals surface area contributed by atoms with E-state index >= 15 is 0 Å². The standard InChI is InChI=1S/C64H114O6/c1-4-7-10-13-16-19-21-23-25-27-29-31-32-34-35-37-39-41-43-45-48-51-54-57-63(66)69-60-61(59-68-62(65)56-53-50-47-18-15-12-9-6-3)70-64(67)58-55-52-49-46-44-42-40-38-36-33-30-28-26-24-22-20-17-14-11-8-5-2/h7,10,16,19,23,25,28-31,61H,4-6,8-9,11-15,17-18,20-22,24,26-27,32-60H2,1-3H3/b10-7-,19-16-,25-23-,30-28-,31-29-. The average molecular weight is 980 g/mol. The molecule has 0 aromatic carbocycles. The van der Waals surface area contributed by atoms with Crippen LogP contribution < -0.4 is 0 Å². The highest BCUT2D eigenvalue weighted by Crippen LogP contribution is 2.16. The summed E-state index contributed by atoms with van der Waals surface area (Å²) in [5.41, 5.74) is 0. The van der Waals surface area contributed by atoms with Crippen LogP contribution in [0.5, 0.6) is 0 Å². The van der Waals surface area contributed by atoms with Crippen LogP contribution in [0.4, 0.5) is 0 Å². The zero-order valence-corrected chi connectivity index (χ0v) is 46.5. The van der Waals surface area contributed by atoms with Crippen molar-refractivity contribution in [3.05, 3.63) is 60.8 Å². The molecule has 0 aliphatic heterocycles. The molecule has 6 heteroatoms. The minimum absolute atomic E-state index is 0.0737. The lowest BCUT2D eigenvalue weighted by Gasteiger charge is -2.18. The first-order valence-electron chi connectivity index (χ1n) is 30.3. The maximum absolute atomic E-state index is 12.9. The molecule has 0 heterocycles. The number of unbranched alkanes of at least 4 members (excludes halogenated alkanes) is 34. The second kappa shape index (κ2) is 58.7. The molecule has 0 saturated heterocycles. The molecular weight excluding hydrogens is 865 g/mol. The highest BCUT2D eigenvalue weighted by atomic mass is 16.6. The Balaban J connectivity index is 4.20. The Hall–Kier alpha value is -2.89. The summed E-state index contributed by atoms with van der Waals surface area (Å²) in [5, 5.41) is 0. The monoisotopic (exact) mass is 979 g/mol. The van der Waals surface area contributed by atoms with E-state index in [0.29, 0.717) is 19.3 Å². The SMILES string of the molecule is CC/C=C\C/C=C\C/C=C\C/C=C\CCCCCCCCCCCCC(=O)OCC(COC(=O)CCCCCCCCCC)OC(=O)CCCCCCCCCCC/C=C\CCCCCCCCCC. The van der Waals surface area contributed by atoms with E-state index in [0.717, 1.165) is 83.5 Å². The predicted octanol–water partition coefficient (Wildman–Crippen LogP) is 20.4. The van der Waals surface area contributed by atoms with Crippen molar-refractivity contribution in [2.24, 2.45) is 0 Å². The number of allylic oxidation sites excluding steroid dienone is 10. The van der Waals surface area contributed by atoms with E-state index in [4.69, 9.17) is 14.2 Å². The summed E-state index contributed by atoms with van der Waals surface area (Å²) in [4.78, 5) is 38.1. The van der Waals surface area contributed by atoms with E-state index in [1.165, 1.54) is 186 Å². The molecule has 0 N–H and O–H groups in total. The Morgan fingerprint density at radius 3 is 0.886 bits per heavy atom. The van der Waals surface area contributed by atoms with Crippen molar-refractivity contribution in [2.75, 3.05) is 13.2 Å². The van der Waals surface area contributed by atoms with Crippen molar-refractivity contribution in [1.82, 2.24) is 0 Å². The molecule has 0 radical (unpaired) electrons. The fraction of sp³-hybridized carbons (Fsp3) is 0.797. The molecule has 6 nitrogen and oxygen atoms in total. The third-order valence-corrected chi connectivity index (χ3v) is 13.3. The number of hydrogen-bond acceptors (Lipinski definition) is 6. The van der Waals surface area contributed by atoms with Gasteiger partial charge >= 0.3 is 17.9 Å². The van der Waals surface area contributed by atoms with Gasteiger partial charge in [0.15, 0.2) is 6.10 Å². The molecular formula is C64H114O6. The second-order valence-electron chi connectivity index (χ2n) is 20.2. The fourth-order valence-electron chi connectivity index (χ4n) is 8.72. The van der Waals surface area contributed by atoms with Gasteiger partial charge in [0.05, 0.1) is 0 Å². The number of esters is 3. The van der Waals surface area contributed by atoms with Gasteiger partial charge in [-0.15, -0.1) is 0 Å². The Morgan fingerprint density at radius 1 is 0.300 bits per heavy atom. The Bertz CT molecular complexity index is 1260. The van der Waals surface area contributed by atoms with Crippen LogP contribution in [-0.2, 0) is 28.6 Å². The number of rotatable bonds is 55. The lowest BCUT2D eigenvalue weighted by atomic mass is 10.0. The van der Waals surface area contributed by atoms with E-state index in [2.05, 4.69) is 81.5 Å². The van der Waals surface area contributed by atoms with Gasteiger partial charge < -0.3 is 14.2 Å². The van der Waals surface area contributed by atoms with E-state index in [-0.39, 0.29) is 31.1 Å². The minimum Gasteiger partial charge on any atom is -0.462 e. The van der Waals surface area contributed by atoms with Crippen molar-refractivity contribution in [1.29, 1.82) is 0 Å². The first-order chi connectivity index (χ1) is 34.5. The molecule has 0 amide bonds. The van der Waals surface area contributed by atoms with Gasteiger partial charge in [-0.05, 0) is 83.5 Å². The van der Waals surface area contributed by atoms with Crippen LogP contribution in [0.2, 0.25) is 0 Å². The first kappa shape index (κ1) is 67.1. The maximum atomic E-state index is 12.9. The summed E-state index contributed by atoms with van der Waals surface area (Å²) in [7, 11) is 0. The van der Waals surface area contributed by atoms with Gasteiger partial charge in [-0.1, -0.05) is 268 Å². The molecule has 0 saturated carbocycles. The predicted molar refractivity (Wildman–Crippen MR) is 302 cm³/mol. The number of ether oxygens (including phenoxy) is 3. The van der Waals surface area contributed by atoms with Crippen molar-refractivity contribution in [3.63, 3.8) is 0 Å². The molecule has 0 fully saturated rings. The van der Waals surface area contributed by atoms with Crippen molar-refractivity contribution < 1.29 is 28.6 Å². The van der Waals surface area contributed by atoms with Crippen LogP contribution >= 0.6 is 0 Å². The number of hydrogen-bond donors (Lipinski definition) is 0. The smallest absolute Gasteiger partial charge is 0.306 e. The molecule has 1 unspecified atom stereocenters. The van der Waals surface area contributed by atoms with E-state index in [1.807, 2.05) is 0 Å². The summed E-state index contributed by atoms with van der Waals surface area (Å²) in [6, 6.07) is 0. The van der Waals surface area contributed by atoms with E-state index in [9.17, 15) is 14.4 Å². The highest BCUT2D eigenvalue weighted by Gasteiger charge is 2.19. The maximum Gasteiger partial charge on any atom is 0.306 e. The van der Waals surface area contributed by atoms with E-state index in [1.54, 1.807) is 0 Å². The zero-order valence-electron chi connectivity index (χ0n) is 46.5. The zero-order chi connectivity index (χ0) is 50.7. The molecule has 70 heavy (non-hydrogen) atoms. The summed E-state index contributed by atoms with van der Waals surface area (Å²) in [5.74, 6) is -0.871. The molecule has 1 atom stereocenters. The quantitative estimate of drug-likeness (QED) is 0.0261. The van der Waals surface area contributed by atoms with Crippen LogP contribution in [0.15, 0.2) is 60.8 Å². The molecule has 0 aliphatic rings. The molecule has 406 valence electrons.